The number of H-pyrrole nitrogens is 1. The van der Waals surface area contributed by atoms with Crippen molar-refractivity contribution in [3.05, 3.63) is 95.4 Å². The first-order valence-corrected chi connectivity index (χ1v) is 13.9. The third-order valence-electron chi connectivity index (χ3n) is 6.83. The molecule has 0 spiro atoms. The molecule has 0 unspecified atom stereocenters. The number of piperidine rings is 1. The van der Waals surface area contributed by atoms with Gasteiger partial charge >= 0.3 is 0 Å². The van der Waals surface area contributed by atoms with E-state index in [9.17, 15) is 22.4 Å². The number of anilines is 1. The summed E-state index contributed by atoms with van der Waals surface area (Å²) in [6.45, 7) is 1.02. The molecule has 1 saturated heterocycles. The number of aromatic amines is 1. The number of fused-ring (bicyclic) bond motifs is 1. The van der Waals surface area contributed by atoms with Crippen molar-refractivity contribution < 1.29 is 22.4 Å². The van der Waals surface area contributed by atoms with E-state index in [2.05, 4.69) is 10.3 Å². The highest BCUT2D eigenvalue weighted by Gasteiger charge is 2.26. The molecule has 0 saturated carbocycles. The second-order valence-corrected chi connectivity index (χ2v) is 11.3. The first-order chi connectivity index (χ1) is 17.7. The van der Waals surface area contributed by atoms with Crippen LogP contribution in [-0.4, -0.2) is 49.5 Å². The maximum absolute atomic E-state index is 14.2. The monoisotopic (exact) mass is 519 g/mol. The molecule has 1 aromatic heterocycles. The van der Waals surface area contributed by atoms with Gasteiger partial charge in [0.05, 0.1) is 11.1 Å². The van der Waals surface area contributed by atoms with Crippen LogP contribution in [0.2, 0.25) is 0 Å². The zero-order chi connectivity index (χ0) is 26.2. The smallest absolute Gasteiger partial charge is 0.257 e. The molecule has 4 aromatic rings. The molecule has 0 aliphatic carbocycles. The molecule has 3 aromatic carbocycles. The molecule has 0 radical (unpaired) electrons. The van der Waals surface area contributed by atoms with E-state index in [0.29, 0.717) is 24.3 Å². The predicted molar refractivity (Wildman–Crippen MR) is 140 cm³/mol. The Bertz CT molecular complexity index is 1590. The Kier molecular flexibility index (Phi) is 6.55. The lowest BCUT2D eigenvalue weighted by Gasteiger charge is -2.32. The summed E-state index contributed by atoms with van der Waals surface area (Å²) in [6, 6.07) is 18.7. The van der Waals surface area contributed by atoms with Crippen LogP contribution in [0.25, 0.3) is 10.9 Å². The summed E-state index contributed by atoms with van der Waals surface area (Å²) >= 11 is 0. The van der Waals surface area contributed by atoms with Gasteiger partial charge in [0.2, 0.25) is 0 Å². The third-order valence-corrected chi connectivity index (χ3v) is 7.96. The number of benzene rings is 3. The molecule has 2 amide bonds. The molecule has 1 fully saturated rings. The number of para-hydroxylation sites is 1. The van der Waals surface area contributed by atoms with E-state index >= 15 is 0 Å². The molecular formula is C28H26FN3O4S. The van der Waals surface area contributed by atoms with Crippen molar-refractivity contribution in [1.82, 2.24) is 9.88 Å². The van der Waals surface area contributed by atoms with E-state index in [4.69, 9.17) is 0 Å². The topological polar surface area (TPSA) is 99.3 Å². The lowest BCUT2D eigenvalue weighted by atomic mass is 9.89. The number of hydrogen-bond donors (Lipinski definition) is 2. The van der Waals surface area contributed by atoms with Crippen molar-refractivity contribution in [2.24, 2.45) is 0 Å². The number of sulfone groups is 1. The van der Waals surface area contributed by atoms with Gasteiger partial charge in [0.15, 0.2) is 9.84 Å². The number of nitrogens with zero attached hydrogens (tertiary/aromatic N) is 1. The molecule has 2 N–H and O–H groups in total. The Morgan fingerprint density at radius 3 is 2.41 bits per heavy atom. The van der Waals surface area contributed by atoms with E-state index in [1.807, 2.05) is 48.7 Å². The average molecular weight is 520 g/mol. The Labute approximate surface area is 214 Å². The normalized spacial score (nSPS) is 14.6. The highest BCUT2D eigenvalue weighted by atomic mass is 32.2. The van der Waals surface area contributed by atoms with Crippen molar-refractivity contribution >= 4 is 38.2 Å². The number of aromatic nitrogens is 1. The lowest BCUT2D eigenvalue weighted by Crippen LogP contribution is -2.38. The highest BCUT2D eigenvalue weighted by Crippen LogP contribution is 2.30. The second kappa shape index (κ2) is 9.82. The van der Waals surface area contributed by atoms with E-state index in [1.165, 1.54) is 6.07 Å². The minimum absolute atomic E-state index is 0.137. The molecule has 37 heavy (non-hydrogen) atoms. The first-order valence-electron chi connectivity index (χ1n) is 12.0. The van der Waals surface area contributed by atoms with Gasteiger partial charge in [-0.25, -0.2) is 12.8 Å². The zero-order valence-electron chi connectivity index (χ0n) is 20.2. The van der Waals surface area contributed by atoms with Crippen LogP contribution >= 0.6 is 0 Å². The number of nitrogens with one attached hydrogen (secondary N) is 2. The standard InChI is InChI=1S/C28H26FN3O4S/c1-37(35,36)25-10-7-21(17-24(25)29)28(34)32-15-12-19(13-16-32)18-5-8-22(9-6-18)31-27(33)23-4-2-3-20-11-14-30-26(20)23/h2-11,14,17,19,30H,12-13,15-16H2,1H3,(H,31,33). The van der Waals surface area contributed by atoms with Crippen molar-refractivity contribution in [2.75, 3.05) is 24.7 Å². The van der Waals surface area contributed by atoms with Crippen LogP contribution in [0.5, 0.6) is 0 Å². The third kappa shape index (κ3) is 5.13. The van der Waals surface area contributed by atoms with Gasteiger partial charge in [0.25, 0.3) is 11.8 Å². The summed E-state index contributed by atoms with van der Waals surface area (Å²) < 4.78 is 37.5. The van der Waals surface area contributed by atoms with Crippen LogP contribution in [0.1, 0.15) is 45.0 Å². The predicted octanol–water partition coefficient (Wildman–Crippen LogP) is 4.98. The van der Waals surface area contributed by atoms with Crippen molar-refractivity contribution in [3.63, 3.8) is 0 Å². The van der Waals surface area contributed by atoms with Gasteiger partial charge in [0, 0.05) is 42.2 Å². The fraction of sp³-hybridized carbons (Fsp3) is 0.214. The average Bonchev–Trinajstić information content (AvgIpc) is 3.37. The quantitative estimate of drug-likeness (QED) is 0.388. The van der Waals surface area contributed by atoms with Crippen LogP contribution in [0, 0.1) is 5.82 Å². The zero-order valence-corrected chi connectivity index (χ0v) is 21.0. The van der Waals surface area contributed by atoms with Gasteiger partial charge in [-0.3, -0.25) is 9.59 Å². The lowest BCUT2D eigenvalue weighted by molar-refractivity contribution is 0.0712. The molecule has 1 aliphatic rings. The van der Waals surface area contributed by atoms with Gasteiger partial charge in [-0.15, -0.1) is 0 Å². The maximum Gasteiger partial charge on any atom is 0.257 e. The molecule has 7 nitrogen and oxygen atoms in total. The van der Waals surface area contributed by atoms with Crippen molar-refractivity contribution in [2.45, 2.75) is 23.7 Å². The summed E-state index contributed by atoms with van der Waals surface area (Å²) in [5, 5.41) is 3.92. The van der Waals surface area contributed by atoms with E-state index in [1.54, 1.807) is 11.0 Å². The van der Waals surface area contributed by atoms with Crippen LogP contribution in [0.3, 0.4) is 0 Å². The van der Waals surface area contributed by atoms with E-state index in [-0.39, 0.29) is 23.3 Å². The minimum atomic E-state index is -3.69. The molecule has 0 atom stereocenters. The minimum Gasteiger partial charge on any atom is -0.361 e. The molecule has 0 bridgehead atoms. The van der Waals surface area contributed by atoms with Crippen molar-refractivity contribution in [3.8, 4) is 0 Å². The fourth-order valence-corrected chi connectivity index (χ4v) is 5.57. The fourth-order valence-electron chi connectivity index (χ4n) is 4.84. The largest absolute Gasteiger partial charge is 0.361 e. The van der Waals surface area contributed by atoms with Crippen LogP contribution in [0.15, 0.2) is 77.8 Å². The van der Waals surface area contributed by atoms with Crippen LogP contribution < -0.4 is 5.32 Å². The summed E-state index contributed by atoms with van der Waals surface area (Å²) in [7, 11) is -3.69. The first kappa shape index (κ1) is 24.7. The number of amides is 2. The second-order valence-electron chi connectivity index (χ2n) is 9.31. The Morgan fingerprint density at radius 2 is 1.73 bits per heavy atom. The van der Waals surface area contributed by atoms with Gasteiger partial charge in [-0.05, 0) is 66.8 Å². The van der Waals surface area contributed by atoms with E-state index < -0.39 is 20.5 Å². The van der Waals surface area contributed by atoms with Gasteiger partial charge < -0.3 is 15.2 Å². The van der Waals surface area contributed by atoms with Crippen molar-refractivity contribution in [1.29, 1.82) is 0 Å². The summed E-state index contributed by atoms with van der Waals surface area (Å²) in [5.74, 6) is -1.16. The van der Waals surface area contributed by atoms with E-state index in [0.717, 1.165) is 47.7 Å². The van der Waals surface area contributed by atoms with Gasteiger partial charge in [-0.1, -0.05) is 24.3 Å². The Hall–Kier alpha value is -3.98. The summed E-state index contributed by atoms with van der Waals surface area (Å²) in [4.78, 5) is 30.0. The number of hydrogen-bond acceptors (Lipinski definition) is 4. The number of likely N-dealkylation sites (tertiary alicyclic amines) is 1. The maximum atomic E-state index is 14.2. The van der Waals surface area contributed by atoms with Gasteiger partial charge in [0.1, 0.15) is 10.7 Å². The number of rotatable bonds is 5. The number of halogens is 1. The Morgan fingerprint density at radius 1 is 1.00 bits per heavy atom. The molecule has 1 aliphatic heterocycles. The number of carbonyl (C=O) groups is 2. The Balaban J connectivity index is 1.20. The molecular weight excluding hydrogens is 493 g/mol. The van der Waals surface area contributed by atoms with Gasteiger partial charge in [-0.2, -0.15) is 0 Å². The number of carbonyl (C=O) groups excluding carboxylic acids is 2. The van der Waals surface area contributed by atoms with Crippen LogP contribution in [0.4, 0.5) is 10.1 Å². The SMILES string of the molecule is CS(=O)(=O)c1ccc(C(=O)N2CCC(c3ccc(NC(=O)c4cccc5cc[nH]c45)cc3)CC2)cc1F. The van der Waals surface area contributed by atoms with Crippen LogP contribution in [-0.2, 0) is 9.84 Å². The molecule has 5 rings (SSSR count). The summed E-state index contributed by atoms with van der Waals surface area (Å²) in [5.41, 5.74) is 3.34. The molecule has 9 heteroatoms. The molecule has 190 valence electrons. The molecule has 2 heterocycles. The highest BCUT2D eigenvalue weighted by molar-refractivity contribution is 7.90. The summed E-state index contributed by atoms with van der Waals surface area (Å²) in [6.07, 6.45) is 4.23.